The van der Waals surface area contributed by atoms with Gasteiger partial charge in [-0.3, -0.25) is 0 Å². The fourth-order valence-corrected chi connectivity index (χ4v) is 4.28. The molecule has 0 bridgehead atoms. The maximum absolute atomic E-state index is 12.0. The molecule has 1 aliphatic carbocycles. The van der Waals surface area contributed by atoms with Crippen molar-refractivity contribution >= 4 is 22.6 Å². The van der Waals surface area contributed by atoms with E-state index in [1.165, 1.54) is 6.42 Å². The summed E-state index contributed by atoms with van der Waals surface area (Å²) < 4.78 is 8.30. The number of fused-ring (bicyclic) bond motifs is 1. The first kappa shape index (κ1) is 22.7. The highest BCUT2D eigenvalue weighted by molar-refractivity contribution is 5.96. The summed E-state index contributed by atoms with van der Waals surface area (Å²) in [6.45, 7) is 6.69. The minimum atomic E-state index is -0.227. The summed E-state index contributed by atoms with van der Waals surface area (Å²) in [5.41, 5.74) is 4.38. The lowest BCUT2D eigenvalue weighted by atomic mass is 9.92. The molecule has 4 rings (SSSR count). The van der Waals surface area contributed by atoms with E-state index in [0.29, 0.717) is 23.9 Å². The lowest BCUT2D eigenvalue weighted by molar-refractivity contribution is 0.250. The van der Waals surface area contributed by atoms with E-state index >= 15 is 0 Å². The summed E-state index contributed by atoms with van der Waals surface area (Å²) in [6, 6.07) is 16.5. The number of ether oxygens (including phenoxy) is 1. The Kier molecular flexibility index (Phi) is 6.88. The number of rotatable bonds is 8. The first-order valence-corrected chi connectivity index (χ1v) is 11.9. The molecule has 1 saturated carbocycles. The monoisotopic (exact) mass is 444 g/mol. The van der Waals surface area contributed by atoms with Crippen molar-refractivity contribution in [3.63, 3.8) is 0 Å². The van der Waals surface area contributed by atoms with Gasteiger partial charge < -0.3 is 19.9 Å². The summed E-state index contributed by atoms with van der Waals surface area (Å²) in [6.07, 6.45) is 5.53. The van der Waals surface area contributed by atoms with Crippen LogP contribution in [0.25, 0.3) is 22.2 Å². The van der Waals surface area contributed by atoms with E-state index in [1.807, 2.05) is 50.2 Å². The molecule has 0 aliphatic heterocycles. The Bertz CT molecular complexity index is 1170. The molecule has 172 valence electrons. The van der Waals surface area contributed by atoms with Crippen LogP contribution in [0.15, 0.2) is 42.5 Å². The van der Waals surface area contributed by atoms with Gasteiger partial charge in [0.15, 0.2) is 0 Å². The second-order valence-corrected chi connectivity index (χ2v) is 9.00. The molecule has 1 aliphatic rings. The second kappa shape index (κ2) is 9.99. The third-order valence-electron chi connectivity index (χ3n) is 6.13. The van der Waals surface area contributed by atoms with Crippen molar-refractivity contribution in [2.24, 2.45) is 0 Å². The van der Waals surface area contributed by atoms with Crippen LogP contribution in [0.3, 0.4) is 0 Å². The number of nitrogens with one attached hydrogen (secondary N) is 2. The van der Waals surface area contributed by atoms with E-state index in [1.54, 1.807) is 0 Å². The van der Waals surface area contributed by atoms with E-state index in [2.05, 4.69) is 34.3 Å². The number of anilines is 1. The quantitative estimate of drug-likeness (QED) is 0.384. The second-order valence-electron chi connectivity index (χ2n) is 9.00. The van der Waals surface area contributed by atoms with Crippen LogP contribution in [0.5, 0.6) is 5.75 Å². The SMILES string of the molecule is CCCCOc1ccc2c(C#N)c(-c3ccc(NC(=O)NC(C)C)cc3)n(C3CCC3)c2c1. The number of carbonyl (C=O) groups is 1. The number of nitrogens with zero attached hydrogens (tertiary/aromatic N) is 2. The molecule has 0 spiro atoms. The zero-order valence-electron chi connectivity index (χ0n) is 19.6. The van der Waals surface area contributed by atoms with Crippen LogP contribution in [0, 0.1) is 11.3 Å². The van der Waals surface area contributed by atoms with E-state index < -0.39 is 0 Å². The predicted octanol–water partition coefficient (Wildman–Crippen LogP) is 6.61. The Hall–Kier alpha value is -3.46. The molecular weight excluding hydrogens is 412 g/mol. The number of urea groups is 1. The molecule has 0 saturated heterocycles. The molecular formula is C27H32N4O2. The largest absolute Gasteiger partial charge is 0.494 e. The maximum Gasteiger partial charge on any atom is 0.319 e. The summed E-state index contributed by atoms with van der Waals surface area (Å²) in [5.74, 6) is 0.848. The molecule has 1 fully saturated rings. The van der Waals surface area contributed by atoms with Gasteiger partial charge in [-0.05, 0) is 69.4 Å². The molecule has 0 unspecified atom stereocenters. The molecule has 2 aromatic carbocycles. The van der Waals surface area contributed by atoms with Gasteiger partial charge in [0, 0.05) is 29.2 Å². The van der Waals surface area contributed by atoms with Crippen molar-refractivity contribution in [3.05, 3.63) is 48.0 Å². The first-order chi connectivity index (χ1) is 16.0. The van der Waals surface area contributed by atoms with Gasteiger partial charge in [-0.1, -0.05) is 25.5 Å². The minimum Gasteiger partial charge on any atom is -0.494 e. The maximum atomic E-state index is 12.0. The van der Waals surface area contributed by atoms with Crippen LogP contribution in [0.4, 0.5) is 10.5 Å². The molecule has 6 heteroatoms. The molecule has 3 aromatic rings. The fraction of sp³-hybridized carbons (Fsp3) is 0.407. The Morgan fingerprint density at radius 3 is 2.58 bits per heavy atom. The lowest BCUT2D eigenvalue weighted by Crippen LogP contribution is -2.34. The van der Waals surface area contributed by atoms with E-state index in [-0.39, 0.29) is 12.1 Å². The van der Waals surface area contributed by atoms with Crippen LogP contribution in [0.2, 0.25) is 0 Å². The number of hydrogen-bond donors (Lipinski definition) is 2. The molecule has 33 heavy (non-hydrogen) atoms. The standard InChI is InChI=1S/C27H32N4O2/c1-4-5-15-33-22-13-14-23-24(17-28)26(31(25(23)16-22)21-7-6-8-21)19-9-11-20(12-10-19)30-27(32)29-18(2)3/h9-14,16,18,21H,4-8,15H2,1-3H3,(H2,29,30,32). The number of nitriles is 1. The predicted molar refractivity (Wildman–Crippen MR) is 133 cm³/mol. The zero-order valence-corrected chi connectivity index (χ0v) is 19.6. The van der Waals surface area contributed by atoms with Crippen molar-refractivity contribution in [2.75, 3.05) is 11.9 Å². The molecule has 6 nitrogen and oxygen atoms in total. The number of amides is 2. The van der Waals surface area contributed by atoms with Gasteiger partial charge in [0.1, 0.15) is 11.8 Å². The Morgan fingerprint density at radius 1 is 1.21 bits per heavy atom. The average Bonchev–Trinajstić information content (AvgIpc) is 3.06. The van der Waals surface area contributed by atoms with Crippen LogP contribution < -0.4 is 15.4 Å². The van der Waals surface area contributed by atoms with Crippen LogP contribution in [-0.2, 0) is 0 Å². The lowest BCUT2D eigenvalue weighted by Gasteiger charge is -2.30. The third-order valence-corrected chi connectivity index (χ3v) is 6.13. The Balaban J connectivity index is 1.73. The van der Waals surface area contributed by atoms with Crippen molar-refractivity contribution in [3.8, 4) is 23.1 Å². The molecule has 2 N–H and O–H groups in total. The van der Waals surface area contributed by atoms with Gasteiger partial charge in [0.25, 0.3) is 0 Å². The van der Waals surface area contributed by atoms with Crippen LogP contribution in [-0.4, -0.2) is 23.2 Å². The van der Waals surface area contributed by atoms with Gasteiger partial charge >= 0.3 is 6.03 Å². The first-order valence-electron chi connectivity index (χ1n) is 11.9. The van der Waals surface area contributed by atoms with Crippen LogP contribution >= 0.6 is 0 Å². The third kappa shape index (κ3) is 4.83. The van der Waals surface area contributed by atoms with E-state index in [4.69, 9.17) is 4.74 Å². The zero-order chi connectivity index (χ0) is 23.4. The van der Waals surface area contributed by atoms with Crippen molar-refractivity contribution in [1.82, 2.24) is 9.88 Å². The molecule has 1 heterocycles. The summed E-state index contributed by atoms with van der Waals surface area (Å²) in [5, 5.41) is 16.8. The molecule has 0 radical (unpaired) electrons. The topological polar surface area (TPSA) is 79.1 Å². The van der Waals surface area contributed by atoms with Crippen molar-refractivity contribution < 1.29 is 9.53 Å². The van der Waals surface area contributed by atoms with E-state index in [0.717, 1.165) is 53.6 Å². The minimum absolute atomic E-state index is 0.0662. The molecule has 2 amide bonds. The number of unbranched alkanes of at least 4 members (excludes halogenated alkanes) is 1. The van der Waals surface area contributed by atoms with Gasteiger partial charge in [-0.15, -0.1) is 0 Å². The summed E-state index contributed by atoms with van der Waals surface area (Å²) in [7, 11) is 0. The Labute approximate surface area is 195 Å². The fourth-order valence-electron chi connectivity index (χ4n) is 4.28. The number of benzene rings is 2. The van der Waals surface area contributed by atoms with Gasteiger partial charge in [0.05, 0.1) is 23.4 Å². The normalized spacial score (nSPS) is 13.5. The van der Waals surface area contributed by atoms with Gasteiger partial charge in [-0.2, -0.15) is 5.26 Å². The van der Waals surface area contributed by atoms with Crippen molar-refractivity contribution in [1.29, 1.82) is 5.26 Å². The highest BCUT2D eigenvalue weighted by atomic mass is 16.5. The molecule has 0 atom stereocenters. The number of aromatic nitrogens is 1. The molecule has 1 aromatic heterocycles. The average molecular weight is 445 g/mol. The highest BCUT2D eigenvalue weighted by Gasteiger charge is 2.28. The number of hydrogen-bond acceptors (Lipinski definition) is 3. The van der Waals surface area contributed by atoms with Crippen LogP contribution in [0.1, 0.15) is 64.5 Å². The smallest absolute Gasteiger partial charge is 0.319 e. The van der Waals surface area contributed by atoms with Gasteiger partial charge in [0.2, 0.25) is 0 Å². The van der Waals surface area contributed by atoms with Crippen molar-refractivity contribution in [2.45, 2.75) is 65.0 Å². The van der Waals surface area contributed by atoms with E-state index in [9.17, 15) is 10.1 Å². The summed E-state index contributed by atoms with van der Waals surface area (Å²) >= 11 is 0. The highest BCUT2D eigenvalue weighted by Crippen LogP contribution is 2.43. The number of carbonyl (C=O) groups excluding carboxylic acids is 1. The Morgan fingerprint density at radius 2 is 1.97 bits per heavy atom. The summed E-state index contributed by atoms with van der Waals surface area (Å²) in [4.78, 5) is 12.0. The van der Waals surface area contributed by atoms with Gasteiger partial charge in [-0.25, -0.2) is 4.79 Å².